The van der Waals surface area contributed by atoms with Gasteiger partial charge in [0.1, 0.15) is 0 Å². The lowest BCUT2D eigenvalue weighted by atomic mass is 9.95. The molecule has 1 aromatic heterocycles. The average Bonchev–Trinajstić information content (AvgIpc) is 3.14. The van der Waals surface area contributed by atoms with E-state index in [0.717, 1.165) is 30.8 Å². The summed E-state index contributed by atoms with van der Waals surface area (Å²) in [5.41, 5.74) is 2.71. The van der Waals surface area contributed by atoms with Crippen LogP contribution in [0.25, 0.3) is 10.9 Å². The third-order valence-electron chi connectivity index (χ3n) is 5.21. The molecule has 19 heavy (non-hydrogen) atoms. The van der Waals surface area contributed by atoms with Gasteiger partial charge in [0.05, 0.1) is 0 Å². The summed E-state index contributed by atoms with van der Waals surface area (Å²) < 4.78 is 0. The lowest BCUT2D eigenvalue weighted by Gasteiger charge is -2.22. The minimum Gasteiger partial charge on any atom is -0.361 e. The molecule has 2 aliphatic carbocycles. The second-order valence-corrected chi connectivity index (χ2v) is 6.34. The second-order valence-electron chi connectivity index (χ2n) is 6.34. The maximum absolute atomic E-state index is 3.80. The molecule has 2 aromatic rings. The molecular weight excluding hydrogens is 232 g/mol. The fourth-order valence-electron chi connectivity index (χ4n) is 4.23. The van der Waals surface area contributed by atoms with Gasteiger partial charge in [0.2, 0.25) is 0 Å². The molecule has 0 amide bonds. The summed E-state index contributed by atoms with van der Waals surface area (Å²) in [7, 11) is 0. The monoisotopic (exact) mass is 254 g/mol. The third-order valence-corrected chi connectivity index (χ3v) is 5.21. The first-order valence-corrected chi connectivity index (χ1v) is 7.68. The molecule has 3 atom stereocenters. The molecule has 2 aliphatic rings. The van der Waals surface area contributed by atoms with Crippen LogP contribution in [0.2, 0.25) is 0 Å². The summed E-state index contributed by atoms with van der Waals surface area (Å²) in [6, 6.07) is 9.41. The van der Waals surface area contributed by atoms with E-state index in [1.807, 2.05) is 0 Å². The highest BCUT2D eigenvalue weighted by Gasteiger charge is 2.38. The Labute approximate surface area is 114 Å². The van der Waals surface area contributed by atoms with Gasteiger partial charge in [-0.2, -0.15) is 0 Å². The van der Waals surface area contributed by atoms with Crippen LogP contribution < -0.4 is 5.32 Å². The van der Waals surface area contributed by atoms with E-state index < -0.39 is 0 Å². The van der Waals surface area contributed by atoms with E-state index in [0.29, 0.717) is 0 Å². The van der Waals surface area contributed by atoms with Crippen molar-refractivity contribution in [3.05, 3.63) is 36.0 Å². The van der Waals surface area contributed by atoms with E-state index in [4.69, 9.17) is 0 Å². The lowest BCUT2D eigenvalue weighted by molar-refractivity contribution is 0.354. The molecule has 2 nitrogen and oxygen atoms in total. The maximum atomic E-state index is 3.80. The first-order chi connectivity index (χ1) is 9.40. The molecule has 2 bridgehead atoms. The maximum Gasteiger partial charge on any atom is 0.0456 e. The number of rotatable bonds is 4. The number of aromatic amines is 1. The quantitative estimate of drug-likeness (QED) is 0.859. The number of fused-ring (bicyclic) bond motifs is 3. The van der Waals surface area contributed by atoms with Crippen LogP contribution in [0.5, 0.6) is 0 Å². The molecule has 2 heteroatoms. The zero-order valence-electron chi connectivity index (χ0n) is 11.4. The fraction of sp³-hybridized carbons (Fsp3) is 0.529. The minimum absolute atomic E-state index is 0.809. The van der Waals surface area contributed by atoms with Gasteiger partial charge in [-0.1, -0.05) is 24.6 Å². The van der Waals surface area contributed by atoms with Gasteiger partial charge in [-0.15, -0.1) is 0 Å². The van der Waals surface area contributed by atoms with Gasteiger partial charge in [0, 0.05) is 23.1 Å². The number of para-hydroxylation sites is 1. The van der Waals surface area contributed by atoms with Crippen LogP contribution in [0.4, 0.5) is 0 Å². The zero-order chi connectivity index (χ0) is 12.7. The molecule has 0 aliphatic heterocycles. The van der Waals surface area contributed by atoms with Crippen molar-refractivity contribution in [3.8, 4) is 0 Å². The van der Waals surface area contributed by atoms with Crippen molar-refractivity contribution in [2.24, 2.45) is 11.8 Å². The van der Waals surface area contributed by atoms with Gasteiger partial charge in [-0.05, 0) is 55.7 Å². The average molecular weight is 254 g/mol. The van der Waals surface area contributed by atoms with E-state index in [2.05, 4.69) is 40.8 Å². The molecular formula is C17H22N2. The van der Waals surface area contributed by atoms with Crippen molar-refractivity contribution >= 4 is 10.9 Å². The van der Waals surface area contributed by atoms with Crippen molar-refractivity contribution in [1.29, 1.82) is 0 Å². The van der Waals surface area contributed by atoms with Crippen LogP contribution in [-0.2, 0) is 6.42 Å². The summed E-state index contributed by atoms with van der Waals surface area (Å²) in [6.45, 7) is 1.12. The van der Waals surface area contributed by atoms with Crippen molar-refractivity contribution in [3.63, 3.8) is 0 Å². The molecule has 100 valence electrons. The number of nitrogens with one attached hydrogen (secondary N) is 2. The Morgan fingerprint density at radius 3 is 2.95 bits per heavy atom. The Kier molecular flexibility index (Phi) is 2.84. The van der Waals surface area contributed by atoms with Gasteiger partial charge >= 0.3 is 0 Å². The largest absolute Gasteiger partial charge is 0.361 e. The van der Waals surface area contributed by atoms with E-state index in [9.17, 15) is 0 Å². The van der Waals surface area contributed by atoms with Crippen LogP contribution in [0.3, 0.4) is 0 Å². The summed E-state index contributed by atoms with van der Waals surface area (Å²) in [5, 5.41) is 5.19. The molecule has 0 radical (unpaired) electrons. The molecule has 2 N–H and O–H groups in total. The lowest BCUT2D eigenvalue weighted by Crippen LogP contribution is -2.35. The van der Waals surface area contributed by atoms with Crippen LogP contribution in [0, 0.1) is 11.8 Å². The first kappa shape index (κ1) is 11.5. The summed E-state index contributed by atoms with van der Waals surface area (Å²) in [5.74, 6) is 2.02. The Bertz CT molecular complexity index is 571. The van der Waals surface area contributed by atoms with Crippen molar-refractivity contribution in [1.82, 2.24) is 10.3 Å². The van der Waals surface area contributed by atoms with Crippen LogP contribution in [-0.4, -0.2) is 17.6 Å². The minimum atomic E-state index is 0.809. The topological polar surface area (TPSA) is 27.8 Å². The predicted octanol–water partition coefficient (Wildman–Crippen LogP) is 3.49. The summed E-state index contributed by atoms with van der Waals surface area (Å²) in [6.07, 6.45) is 9.19. The molecule has 4 rings (SSSR count). The molecule has 2 fully saturated rings. The smallest absolute Gasteiger partial charge is 0.0456 e. The number of hydrogen-bond donors (Lipinski definition) is 2. The Morgan fingerprint density at radius 2 is 2.11 bits per heavy atom. The Hall–Kier alpha value is -1.28. The zero-order valence-corrected chi connectivity index (χ0v) is 11.4. The van der Waals surface area contributed by atoms with E-state index in [1.165, 1.54) is 42.1 Å². The predicted molar refractivity (Wildman–Crippen MR) is 79.2 cm³/mol. The number of benzene rings is 1. The molecule has 0 spiro atoms. The molecule has 1 heterocycles. The van der Waals surface area contributed by atoms with E-state index >= 15 is 0 Å². The van der Waals surface area contributed by atoms with Gasteiger partial charge in [0.25, 0.3) is 0 Å². The normalized spacial score (nSPS) is 29.4. The Balaban J connectivity index is 1.37. The molecule has 0 saturated heterocycles. The van der Waals surface area contributed by atoms with Crippen molar-refractivity contribution in [2.75, 3.05) is 6.54 Å². The van der Waals surface area contributed by atoms with E-state index in [1.54, 1.807) is 0 Å². The third kappa shape index (κ3) is 2.08. The van der Waals surface area contributed by atoms with Crippen LogP contribution in [0.15, 0.2) is 30.5 Å². The molecule has 3 unspecified atom stereocenters. The fourth-order valence-corrected chi connectivity index (χ4v) is 4.23. The molecule has 1 aromatic carbocycles. The van der Waals surface area contributed by atoms with Gasteiger partial charge in [0.15, 0.2) is 0 Å². The summed E-state index contributed by atoms with van der Waals surface area (Å²) >= 11 is 0. The highest BCUT2D eigenvalue weighted by atomic mass is 14.9. The van der Waals surface area contributed by atoms with Crippen molar-refractivity contribution < 1.29 is 0 Å². The first-order valence-electron chi connectivity index (χ1n) is 7.68. The van der Waals surface area contributed by atoms with E-state index in [-0.39, 0.29) is 0 Å². The van der Waals surface area contributed by atoms with Crippen molar-refractivity contribution in [2.45, 2.75) is 38.1 Å². The number of aromatic nitrogens is 1. The number of H-pyrrole nitrogens is 1. The Morgan fingerprint density at radius 1 is 1.16 bits per heavy atom. The standard InChI is InChI=1S/C17H22N2/c1-2-4-16-15(3-1)14(11-19-16)7-8-18-17-10-12-5-6-13(17)9-12/h1-4,11-13,17-19H,5-10H2. The number of hydrogen-bond acceptors (Lipinski definition) is 1. The van der Waals surface area contributed by atoms with Crippen LogP contribution in [0.1, 0.15) is 31.2 Å². The second kappa shape index (κ2) is 4.68. The van der Waals surface area contributed by atoms with Gasteiger partial charge in [-0.3, -0.25) is 0 Å². The highest BCUT2D eigenvalue weighted by Crippen LogP contribution is 2.44. The van der Waals surface area contributed by atoms with Crippen LogP contribution >= 0.6 is 0 Å². The summed E-state index contributed by atoms with van der Waals surface area (Å²) in [4.78, 5) is 3.37. The van der Waals surface area contributed by atoms with Gasteiger partial charge in [-0.25, -0.2) is 0 Å². The SMILES string of the molecule is c1ccc2c(CCNC3CC4CCC3C4)c[nH]c2c1. The highest BCUT2D eigenvalue weighted by molar-refractivity contribution is 5.83. The molecule has 2 saturated carbocycles. The van der Waals surface area contributed by atoms with Gasteiger partial charge < -0.3 is 10.3 Å².